The Hall–Kier alpha value is -2.70. The lowest BCUT2D eigenvalue weighted by Gasteiger charge is -2.34. The first kappa shape index (κ1) is 20.6. The molecule has 5 nitrogen and oxygen atoms in total. The largest absolute Gasteiger partial charge is 0.488 e. The Morgan fingerprint density at radius 1 is 1.20 bits per heavy atom. The van der Waals surface area contributed by atoms with Crippen molar-refractivity contribution >= 4 is 34.5 Å². The Morgan fingerprint density at radius 2 is 1.97 bits per heavy atom. The number of allylic oxidation sites excluding steroid dienone is 1. The van der Waals surface area contributed by atoms with Crippen LogP contribution in [0.4, 0.5) is 0 Å². The molecule has 0 saturated heterocycles. The first-order valence-electron chi connectivity index (χ1n) is 9.63. The number of esters is 1. The number of aliphatic imine (C=N–C) groups is 1. The lowest BCUT2D eigenvalue weighted by Crippen LogP contribution is -2.34. The molecular weight excluding hydrogens is 420 g/mol. The van der Waals surface area contributed by atoms with Crippen LogP contribution in [0.2, 0.25) is 5.02 Å². The highest BCUT2D eigenvalue weighted by atomic mass is 35.5. The van der Waals surface area contributed by atoms with Crippen molar-refractivity contribution in [1.29, 1.82) is 0 Å². The van der Waals surface area contributed by atoms with Gasteiger partial charge in [-0.15, -0.1) is 0 Å². The summed E-state index contributed by atoms with van der Waals surface area (Å²) in [7, 11) is 0. The van der Waals surface area contributed by atoms with Crippen molar-refractivity contribution in [3.63, 3.8) is 0 Å². The summed E-state index contributed by atoms with van der Waals surface area (Å²) >= 11 is 7.81. The third kappa shape index (κ3) is 3.98. The fourth-order valence-corrected chi connectivity index (χ4v) is 4.47. The lowest BCUT2D eigenvalue weighted by atomic mass is 9.94. The maximum atomic E-state index is 12.9. The molecule has 2 aromatic rings. The molecule has 0 fully saturated rings. The van der Waals surface area contributed by atoms with Crippen LogP contribution in [0.25, 0.3) is 0 Å². The van der Waals surface area contributed by atoms with Gasteiger partial charge in [0.05, 0.1) is 23.9 Å². The van der Waals surface area contributed by atoms with Crippen LogP contribution in [-0.2, 0) is 16.1 Å². The second kappa shape index (κ2) is 8.98. The maximum absolute atomic E-state index is 12.9. The van der Waals surface area contributed by atoms with E-state index in [-0.39, 0.29) is 12.0 Å². The number of para-hydroxylation sites is 1. The Morgan fingerprint density at radius 3 is 2.77 bits per heavy atom. The molecule has 0 aromatic heterocycles. The zero-order valence-electron chi connectivity index (χ0n) is 16.7. The molecule has 0 spiro atoms. The number of fused-ring (bicyclic) bond motifs is 1. The van der Waals surface area contributed by atoms with E-state index in [0.29, 0.717) is 35.3 Å². The van der Waals surface area contributed by atoms with E-state index in [1.54, 1.807) is 6.92 Å². The Kier molecular flexibility index (Phi) is 6.16. The normalized spacial score (nSPS) is 17.6. The van der Waals surface area contributed by atoms with E-state index in [9.17, 15) is 4.79 Å². The Balaban J connectivity index is 1.72. The van der Waals surface area contributed by atoms with Gasteiger partial charge in [0.15, 0.2) is 5.17 Å². The molecule has 154 valence electrons. The van der Waals surface area contributed by atoms with Crippen LogP contribution in [0.5, 0.6) is 5.75 Å². The fraction of sp³-hybridized carbons (Fsp3) is 0.217. The third-order valence-corrected chi connectivity index (χ3v) is 6.01. The maximum Gasteiger partial charge on any atom is 0.338 e. The highest BCUT2D eigenvalue weighted by Gasteiger charge is 2.38. The lowest BCUT2D eigenvalue weighted by molar-refractivity contribution is -0.139. The van der Waals surface area contributed by atoms with Crippen molar-refractivity contribution in [2.24, 2.45) is 4.99 Å². The molecule has 2 aliphatic heterocycles. The Bertz CT molecular complexity index is 1060. The summed E-state index contributed by atoms with van der Waals surface area (Å²) in [4.78, 5) is 19.4. The number of amidine groups is 1. The average Bonchev–Trinajstić information content (AvgIpc) is 3.20. The summed E-state index contributed by atoms with van der Waals surface area (Å²) in [6, 6.07) is 14.9. The number of halogens is 1. The molecule has 2 heterocycles. The molecule has 2 aromatic carbocycles. The topological polar surface area (TPSA) is 51.1 Å². The number of hydrogen-bond acceptors (Lipinski definition) is 6. The summed E-state index contributed by atoms with van der Waals surface area (Å²) in [5.74, 6) is 0.317. The minimum atomic E-state index is -0.384. The van der Waals surface area contributed by atoms with Gasteiger partial charge in [-0.1, -0.05) is 59.8 Å². The molecule has 2 aliphatic rings. The van der Waals surface area contributed by atoms with Crippen LogP contribution in [-0.4, -0.2) is 22.6 Å². The van der Waals surface area contributed by atoms with Gasteiger partial charge in [0.25, 0.3) is 0 Å². The highest BCUT2D eigenvalue weighted by molar-refractivity contribution is 8.16. The van der Waals surface area contributed by atoms with Gasteiger partial charge in [0, 0.05) is 22.3 Å². The first-order valence-corrected chi connectivity index (χ1v) is 10.9. The first-order chi connectivity index (χ1) is 14.6. The van der Waals surface area contributed by atoms with Crippen molar-refractivity contribution in [3.8, 4) is 5.75 Å². The van der Waals surface area contributed by atoms with E-state index >= 15 is 0 Å². The number of ether oxygens (including phenoxy) is 2. The number of hydrogen-bond donors (Lipinski definition) is 0. The van der Waals surface area contributed by atoms with E-state index in [4.69, 9.17) is 21.1 Å². The SMILES string of the molecule is CCOC(=O)C1=C(C)N=C2SC=CN2[C@@H]1c1ccccc1OCc1ccccc1Cl. The molecule has 30 heavy (non-hydrogen) atoms. The van der Waals surface area contributed by atoms with Crippen molar-refractivity contribution < 1.29 is 14.3 Å². The molecule has 0 unspecified atom stereocenters. The minimum absolute atomic E-state index is 0.300. The molecule has 0 aliphatic carbocycles. The van der Waals surface area contributed by atoms with Gasteiger partial charge in [-0.2, -0.15) is 0 Å². The second-order valence-electron chi connectivity index (χ2n) is 6.74. The predicted octanol–water partition coefficient (Wildman–Crippen LogP) is 5.69. The third-order valence-electron chi connectivity index (χ3n) is 4.87. The van der Waals surface area contributed by atoms with Crippen molar-refractivity contribution in [1.82, 2.24) is 4.90 Å². The van der Waals surface area contributed by atoms with Crippen LogP contribution >= 0.6 is 23.4 Å². The van der Waals surface area contributed by atoms with E-state index in [0.717, 1.165) is 16.3 Å². The average molecular weight is 441 g/mol. The molecule has 0 saturated carbocycles. The molecule has 0 radical (unpaired) electrons. The van der Waals surface area contributed by atoms with Gasteiger partial charge in [-0.3, -0.25) is 0 Å². The van der Waals surface area contributed by atoms with Crippen molar-refractivity contribution in [2.75, 3.05) is 6.61 Å². The number of rotatable bonds is 6. The van der Waals surface area contributed by atoms with Crippen LogP contribution < -0.4 is 4.74 Å². The van der Waals surface area contributed by atoms with Gasteiger partial charge in [0.1, 0.15) is 12.4 Å². The smallest absolute Gasteiger partial charge is 0.338 e. The van der Waals surface area contributed by atoms with Crippen molar-refractivity contribution in [2.45, 2.75) is 26.5 Å². The number of benzene rings is 2. The van der Waals surface area contributed by atoms with Crippen LogP contribution in [0.3, 0.4) is 0 Å². The predicted molar refractivity (Wildman–Crippen MR) is 120 cm³/mol. The summed E-state index contributed by atoms with van der Waals surface area (Å²) < 4.78 is 11.5. The molecule has 0 bridgehead atoms. The quantitative estimate of drug-likeness (QED) is 0.540. The van der Waals surface area contributed by atoms with Crippen LogP contribution in [0.1, 0.15) is 31.0 Å². The van der Waals surface area contributed by atoms with Crippen molar-refractivity contribution in [3.05, 3.63) is 87.6 Å². The Labute approximate surface area is 185 Å². The van der Waals surface area contributed by atoms with E-state index in [1.165, 1.54) is 11.8 Å². The zero-order chi connectivity index (χ0) is 21.1. The summed E-state index contributed by atoms with van der Waals surface area (Å²) in [5.41, 5.74) is 2.93. The van der Waals surface area contributed by atoms with Gasteiger partial charge in [-0.25, -0.2) is 9.79 Å². The van der Waals surface area contributed by atoms with E-state index < -0.39 is 0 Å². The van der Waals surface area contributed by atoms with Crippen LogP contribution in [0.15, 0.2) is 76.4 Å². The second-order valence-corrected chi connectivity index (χ2v) is 8.02. The van der Waals surface area contributed by atoms with Gasteiger partial charge >= 0.3 is 5.97 Å². The highest BCUT2D eigenvalue weighted by Crippen LogP contribution is 2.43. The monoisotopic (exact) mass is 440 g/mol. The summed E-state index contributed by atoms with van der Waals surface area (Å²) in [6.07, 6.45) is 1.94. The molecule has 0 amide bonds. The summed E-state index contributed by atoms with van der Waals surface area (Å²) in [5, 5.41) is 3.44. The number of carbonyl (C=O) groups is 1. The molecule has 4 rings (SSSR count). The fourth-order valence-electron chi connectivity index (χ4n) is 3.49. The minimum Gasteiger partial charge on any atom is -0.488 e. The number of nitrogens with zero attached hydrogens (tertiary/aromatic N) is 2. The van der Waals surface area contributed by atoms with E-state index in [2.05, 4.69) is 4.99 Å². The number of thioether (sulfide) groups is 1. The van der Waals surface area contributed by atoms with E-state index in [1.807, 2.05) is 72.0 Å². The molecule has 0 N–H and O–H groups in total. The standard InChI is InChI=1S/C23H21ClN2O3S/c1-3-28-22(27)20-15(2)25-23-26(12-13-30-23)21(20)17-9-5-7-11-19(17)29-14-16-8-4-6-10-18(16)24/h4-13,21H,3,14H2,1-2H3/t21-/m1/s1. The van der Waals surface area contributed by atoms with Gasteiger partial charge in [-0.05, 0) is 31.4 Å². The van der Waals surface area contributed by atoms with Gasteiger partial charge in [0.2, 0.25) is 0 Å². The molecule has 7 heteroatoms. The molecular formula is C23H21ClN2O3S. The van der Waals surface area contributed by atoms with Crippen LogP contribution in [0, 0.1) is 0 Å². The number of carbonyl (C=O) groups excluding carboxylic acids is 1. The zero-order valence-corrected chi connectivity index (χ0v) is 18.2. The van der Waals surface area contributed by atoms with Gasteiger partial charge < -0.3 is 14.4 Å². The molecule has 1 atom stereocenters. The summed E-state index contributed by atoms with van der Waals surface area (Å²) in [6.45, 7) is 4.27.